The number of rotatable bonds is 1. The second-order valence-corrected chi connectivity index (χ2v) is 4.98. The highest BCUT2D eigenvalue weighted by Gasteiger charge is 2.37. The van der Waals surface area contributed by atoms with Gasteiger partial charge in [-0.3, -0.25) is 19.4 Å². The number of carbonyl (C=O) groups excluding carboxylic acids is 3. The Morgan fingerprint density at radius 3 is 2.11 bits per heavy atom. The molecule has 5 nitrogen and oxygen atoms in total. The van der Waals surface area contributed by atoms with Crippen molar-refractivity contribution >= 4 is 35.3 Å². The van der Waals surface area contributed by atoms with Gasteiger partial charge in [0.25, 0.3) is 11.8 Å². The summed E-state index contributed by atoms with van der Waals surface area (Å²) < 4.78 is 0. The molecule has 2 heterocycles. The zero-order valence-corrected chi connectivity index (χ0v) is 11.1. The van der Waals surface area contributed by atoms with E-state index in [-0.39, 0.29) is 5.57 Å². The zero-order valence-electron chi connectivity index (χ0n) is 10.3. The Hall–Kier alpha value is -1.95. The number of imide groups is 2. The molecule has 18 heavy (non-hydrogen) atoms. The van der Waals surface area contributed by atoms with Crippen molar-refractivity contribution in [1.82, 2.24) is 9.80 Å². The van der Waals surface area contributed by atoms with Gasteiger partial charge in [0.15, 0.2) is 0 Å². The molecule has 2 rings (SSSR count). The van der Waals surface area contributed by atoms with Crippen molar-refractivity contribution in [2.75, 3.05) is 14.1 Å². The fourth-order valence-electron chi connectivity index (χ4n) is 1.64. The van der Waals surface area contributed by atoms with E-state index in [9.17, 15) is 14.4 Å². The minimum atomic E-state index is -0.606. The van der Waals surface area contributed by atoms with E-state index in [0.717, 1.165) is 20.2 Å². The largest absolute Gasteiger partial charge is 0.333 e. The van der Waals surface area contributed by atoms with Crippen LogP contribution in [0, 0.1) is 6.92 Å². The first-order valence-corrected chi connectivity index (χ1v) is 6.17. The molecule has 1 aromatic rings. The molecule has 1 aliphatic rings. The number of barbiturate groups is 1. The van der Waals surface area contributed by atoms with Gasteiger partial charge < -0.3 is 0 Å². The lowest BCUT2D eigenvalue weighted by molar-refractivity contribution is -0.134. The Balaban J connectivity index is 2.47. The van der Waals surface area contributed by atoms with E-state index in [0.29, 0.717) is 0 Å². The minimum absolute atomic E-state index is 0.0187. The standard InChI is InChI=1S/C12H12N2O3S/c1-7-4-5-18-9(7)6-8-10(15)13(2)12(17)14(3)11(8)16/h4-6H,1-3H3. The van der Waals surface area contributed by atoms with Gasteiger partial charge in [0, 0.05) is 19.0 Å². The SMILES string of the molecule is Cc1ccsc1C=C1C(=O)N(C)C(=O)N(C)C1=O. The maximum Gasteiger partial charge on any atom is 0.333 e. The van der Waals surface area contributed by atoms with E-state index in [1.54, 1.807) is 6.08 Å². The number of nitrogens with zero attached hydrogens (tertiary/aromatic N) is 2. The molecular formula is C12H12N2O3S. The summed E-state index contributed by atoms with van der Waals surface area (Å²) in [6.45, 7) is 1.90. The van der Waals surface area contributed by atoms with E-state index < -0.39 is 17.8 Å². The number of aryl methyl sites for hydroxylation is 1. The van der Waals surface area contributed by atoms with Crippen LogP contribution in [0.25, 0.3) is 6.08 Å². The molecule has 0 aromatic carbocycles. The smallest absolute Gasteiger partial charge is 0.268 e. The molecule has 0 spiro atoms. The summed E-state index contributed by atoms with van der Waals surface area (Å²) in [4.78, 5) is 38.1. The van der Waals surface area contributed by atoms with Crippen LogP contribution in [0.4, 0.5) is 4.79 Å². The summed E-state index contributed by atoms with van der Waals surface area (Å²) in [7, 11) is 2.73. The monoisotopic (exact) mass is 264 g/mol. The third-order valence-electron chi connectivity index (χ3n) is 2.82. The molecule has 0 bridgehead atoms. The average Bonchev–Trinajstić information content (AvgIpc) is 2.75. The zero-order chi connectivity index (χ0) is 13.4. The second-order valence-electron chi connectivity index (χ2n) is 4.04. The van der Waals surface area contributed by atoms with Crippen molar-refractivity contribution in [2.45, 2.75) is 6.92 Å². The third-order valence-corrected chi connectivity index (χ3v) is 3.79. The van der Waals surface area contributed by atoms with Crippen LogP contribution < -0.4 is 0 Å². The van der Waals surface area contributed by atoms with Crippen LogP contribution in [-0.4, -0.2) is 41.7 Å². The predicted octanol–water partition coefficient (Wildman–Crippen LogP) is 1.49. The summed E-state index contributed by atoms with van der Waals surface area (Å²) in [6, 6.07) is 1.30. The Morgan fingerprint density at radius 2 is 1.67 bits per heavy atom. The van der Waals surface area contributed by atoms with Crippen LogP contribution in [-0.2, 0) is 9.59 Å². The first-order valence-electron chi connectivity index (χ1n) is 5.29. The van der Waals surface area contributed by atoms with Crippen LogP contribution in [0.1, 0.15) is 10.4 Å². The maximum atomic E-state index is 11.9. The maximum absolute atomic E-state index is 11.9. The molecule has 0 unspecified atom stereocenters. The lowest BCUT2D eigenvalue weighted by Gasteiger charge is -2.28. The number of amides is 4. The van der Waals surface area contributed by atoms with E-state index in [2.05, 4.69) is 0 Å². The van der Waals surface area contributed by atoms with Gasteiger partial charge in [0.05, 0.1) is 0 Å². The molecule has 0 saturated carbocycles. The van der Waals surface area contributed by atoms with Crippen LogP contribution in [0.2, 0.25) is 0 Å². The van der Waals surface area contributed by atoms with Gasteiger partial charge in [-0.1, -0.05) is 0 Å². The van der Waals surface area contributed by atoms with Crippen LogP contribution in [0.5, 0.6) is 0 Å². The Kier molecular flexibility index (Phi) is 3.04. The topological polar surface area (TPSA) is 57.7 Å². The Labute approximate surface area is 108 Å². The van der Waals surface area contributed by atoms with Crippen LogP contribution in [0.15, 0.2) is 17.0 Å². The predicted molar refractivity (Wildman–Crippen MR) is 68.0 cm³/mol. The van der Waals surface area contributed by atoms with Crippen molar-refractivity contribution in [1.29, 1.82) is 0 Å². The molecule has 0 atom stereocenters. The van der Waals surface area contributed by atoms with Crippen molar-refractivity contribution in [3.8, 4) is 0 Å². The van der Waals surface area contributed by atoms with Gasteiger partial charge >= 0.3 is 6.03 Å². The highest BCUT2D eigenvalue weighted by Crippen LogP contribution is 2.22. The van der Waals surface area contributed by atoms with Gasteiger partial charge in [-0.2, -0.15) is 0 Å². The first-order chi connectivity index (χ1) is 8.43. The summed E-state index contributed by atoms with van der Waals surface area (Å²) in [5.74, 6) is -1.12. The minimum Gasteiger partial charge on any atom is -0.268 e. The molecule has 1 aromatic heterocycles. The third kappa shape index (κ3) is 1.84. The van der Waals surface area contributed by atoms with Crippen molar-refractivity contribution < 1.29 is 14.4 Å². The second kappa shape index (κ2) is 4.38. The number of thiophene rings is 1. The highest BCUT2D eigenvalue weighted by atomic mass is 32.1. The van der Waals surface area contributed by atoms with Crippen molar-refractivity contribution in [3.63, 3.8) is 0 Å². The van der Waals surface area contributed by atoms with Gasteiger partial charge in [-0.05, 0) is 30.0 Å². The van der Waals surface area contributed by atoms with Gasteiger partial charge in [0.2, 0.25) is 0 Å². The number of urea groups is 1. The summed E-state index contributed by atoms with van der Waals surface area (Å²) in [5, 5.41) is 1.89. The number of carbonyl (C=O) groups is 3. The van der Waals surface area contributed by atoms with Gasteiger partial charge in [-0.25, -0.2) is 4.79 Å². The number of likely N-dealkylation sites (N-methyl/N-ethyl adjacent to an activating group) is 2. The molecule has 6 heteroatoms. The molecule has 1 aliphatic heterocycles. The lowest BCUT2D eigenvalue weighted by atomic mass is 10.1. The van der Waals surface area contributed by atoms with Crippen LogP contribution in [0.3, 0.4) is 0 Å². The molecular weight excluding hydrogens is 252 g/mol. The molecule has 4 amide bonds. The first kappa shape index (κ1) is 12.5. The van der Waals surface area contributed by atoms with E-state index in [4.69, 9.17) is 0 Å². The summed E-state index contributed by atoms with van der Waals surface area (Å²) >= 11 is 1.45. The van der Waals surface area contributed by atoms with E-state index in [1.807, 2.05) is 18.4 Å². The average molecular weight is 264 g/mol. The molecule has 0 aliphatic carbocycles. The fraction of sp³-hybridized carbons (Fsp3) is 0.250. The normalized spacial score (nSPS) is 16.6. The molecule has 0 N–H and O–H groups in total. The highest BCUT2D eigenvalue weighted by molar-refractivity contribution is 7.11. The quantitative estimate of drug-likeness (QED) is 0.570. The van der Waals surface area contributed by atoms with Gasteiger partial charge in [0.1, 0.15) is 5.57 Å². The Morgan fingerprint density at radius 1 is 1.11 bits per heavy atom. The summed E-state index contributed by atoms with van der Waals surface area (Å²) in [6.07, 6.45) is 1.55. The Bertz CT molecular complexity index is 548. The van der Waals surface area contributed by atoms with Crippen molar-refractivity contribution in [2.24, 2.45) is 0 Å². The van der Waals surface area contributed by atoms with E-state index in [1.165, 1.54) is 25.4 Å². The lowest BCUT2D eigenvalue weighted by Crippen LogP contribution is -2.52. The number of hydrogen-bond acceptors (Lipinski definition) is 4. The molecule has 94 valence electrons. The van der Waals surface area contributed by atoms with Crippen molar-refractivity contribution in [3.05, 3.63) is 27.5 Å². The van der Waals surface area contributed by atoms with Gasteiger partial charge in [-0.15, -0.1) is 11.3 Å². The molecule has 1 fully saturated rings. The van der Waals surface area contributed by atoms with E-state index >= 15 is 0 Å². The number of hydrogen-bond donors (Lipinski definition) is 0. The molecule has 0 radical (unpaired) electrons. The van der Waals surface area contributed by atoms with Crippen LogP contribution >= 0.6 is 11.3 Å². The summed E-state index contributed by atoms with van der Waals surface area (Å²) in [5.41, 5.74) is 1.01. The fourth-order valence-corrected chi connectivity index (χ4v) is 2.50. The molecule has 1 saturated heterocycles.